The van der Waals surface area contributed by atoms with Gasteiger partial charge in [0.05, 0.1) is 0 Å². The van der Waals surface area contributed by atoms with Gasteiger partial charge in [0.2, 0.25) is 0 Å². The molecule has 21 heavy (non-hydrogen) atoms. The zero-order valence-corrected chi connectivity index (χ0v) is 12.7. The zero-order valence-electron chi connectivity index (χ0n) is 11.2. The van der Waals surface area contributed by atoms with Crippen molar-refractivity contribution in [3.63, 3.8) is 0 Å². The van der Waals surface area contributed by atoms with Crippen molar-refractivity contribution in [1.82, 2.24) is 4.90 Å². The minimum Gasteiger partial charge on any atom is -0.508 e. The molecular weight excluding hydrogens is 313 g/mol. The van der Waals surface area contributed by atoms with Crippen LogP contribution < -0.4 is 0 Å². The molecule has 1 amide bonds. The first-order valence-corrected chi connectivity index (χ1v) is 6.84. The van der Waals surface area contributed by atoms with Gasteiger partial charge >= 0.3 is 6.09 Å². The monoisotopic (exact) mass is 325 g/mol. The summed E-state index contributed by atoms with van der Waals surface area (Å²) in [6.45, 7) is 0.172. The number of hydrogen-bond acceptors (Lipinski definition) is 2. The quantitative estimate of drug-likeness (QED) is 0.874. The summed E-state index contributed by atoms with van der Waals surface area (Å²) in [5, 5.41) is 19.7. The van der Waals surface area contributed by atoms with Crippen molar-refractivity contribution in [2.45, 2.75) is 6.54 Å². The summed E-state index contributed by atoms with van der Waals surface area (Å²) in [6.07, 6.45) is -1.04. The Kier molecular flexibility index (Phi) is 4.60. The van der Waals surface area contributed by atoms with Gasteiger partial charge < -0.3 is 15.1 Å². The summed E-state index contributed by atoms with van der Waals surface area (Å²) in [5.74, 6) is 0.0531. The Labute approximate surface area is 132 Å². The fourth-order valence-corrected chi connectivity index (χ4v) is 2.52. The molecule has 6 heteroatoms. The van der Waals surface area contributed by atoms with Crippen molar-refractivity contribution in [2.75, 3.05) is 7.05 Å². The number of phenols is 1. The van der Waals surface area contributed by atoms with Gasteiger partial charge in [-0.2, -0.15) is 0 Å². The number of hydrogen-bond donors (Lipinski definition) is 2. The molecule has 0 unspecified atom stereocenters. The van der Waals surface area contributed by atoms with Gasteiger partial charge in [-0.3, -0.25) is 0 Å². The van der Waals surface area contributed by atoms with Crippen molar-refractivity contribution in [1.29, 1.82) is 0 Å². The molecule has 0 aromatic heterocycles. The van der Waals surface area contributed by atoms with E-state index in [0.29, 0.717) is 21.2 Å². The zero-order chi connectivity index (χ0) is 15.6. The van der Waals surface area contributed by atoms with Crippen molar-refractivity contribution in [3.05, 3.63) is 52.0 Å². The van der Waals surface area contributed by atoms with Crippen LogP contribution >= 0.6 is 23.2 Å². The van der Waals surface area contributed by atoms with Crippen molar-refractivity contribution < 1.29 is 15.0 Å². The number of carboxylic acid groups (broad SMARTS) is 1. The van der Waals surface area contributed by atoms with Gasteiger partial charge in [-0.25, -0.2) is 4.79 Å². The fourth-order valence-electron chi connectivity index (χ4n) is 1.99. The van der Waals surface area contributed by atoms with E-state index in [4.69, 9.17) is 28.3 Å². The van der Waals surface area contributed by atoms with Crippen molar-refractivity contribution in [2.24, 2.45) is 0 Å². The number of aromatic hydroxyl groups is 1. The van der Waals surface area contributed by atoms with E-state index >= 15 is 0 Å². The van der Waals surface area contributed by atoms with Crippen LogP contribution in [-0.2, 0) is 6.54 Å². The Morgan fingerprint density at radius 3 is 2.19 bits per heavy atom. The molecule has 0 radical (unpaired) electrons. The molecule has 2 N–H and O–H groups in total. The third-order valence-electron chi connectivity index (χ3n) is 2.92. The van der Waals surface area contributed by atoms with E-state index in [-0.39, 0.29) is 12.3 Å². The molecule has 0 bridgehead atoms. The number of amides is 1. The van der Waals surface area contributed by atoms with Crippen LogP contribution in [0, 0.1) is 0 Å². The Morgan fingerprint density at radius 2 is 1.62 bits per heavy atom. The molecule has 0 atom stereocenters. The molecule has 0 fully saturated rings. The molecule has 2 rings (SSSR count). The number of rotatable bonds is 3. The van der Waals surface area contributed by atoms with Crippen LogP contribution in [0.3, 0.4) is 0 Å². The molecular formula is C15H13Cl2NO3. The van der Waals surface area contributed by atoms with E-state index in [1.54, 1.807) is 30.3 Å². The molecule has 0 heterocycles. The number of benzene rings is 2. The Balaban J connectivity index is 2.40. The lowest BCUT2D eigenvalue weighted by Gasteiger charge is -2.14. The third kappa shape index (κ3) is 4.03. The molecule has 110 valence electrons. The summed E-state index contributed by atoms with van der Waals surface area (Å²) >= 11 is 11.9. The minimum absolute atomic E-state index is 0.0531. The number of nitrogens with zero attached hydrogens (tertiary/aromatic N) is 1. The largest absolute Gasteiger partial charge is 0.508 e. The maximum atomic E-state index is 10.9. The van der Waals surface area contributed by atoms with Crippen LogP contribution in [0.4, 0.5) is 4.79 Å². The van der Waals surface area contributed by atoms with E-state index in [1.807, 2.05) is 0 Å². The molecule has 0 aliphatic rings. The second-order valence-corrected chi connectivity index (χ2v) is 5.56. The Bertz CT molecular complexity index is 668. The minimum atomic E-state index is -1.04. The topological polar surface area (TPSA) is 60.8 Å². The number of carbonyl (C=O) groups is 1. The van der Waals surface area contributed by atoms with Crippen LogP contribution in [0.5, 0.6) is 5.75 Å². The summed E-state index contributed by atoms with van der Waals surface area (Å²) in [6, 6.07) is 9.97. The highest BCUT2D eigenvalue weighted by Crippen LogP contribution is 2.30. The van der Waals surface area contributed by atoms with Crippen LogP contribution in [-0.4, -0.2) is 28.3 Å². The normalized spacial score (nSPS) is 10.4. The highest BCUT2D eigenvalue weighted by Gasteiger charge is 2.09. The molecule has 2 aromatic carbocycles. The van der Waals surface area contributed by atoms with Gasteiger partial charge in [0.15, 0.2) is 0 Å². The molecule has 0 aliphatic heterocycles. The molecule has 0 aliphatic carbocycles. The van der Waals surface area contributed by atoms with Crippen LogP contribution in [0.1, 0.15) is 5.56 Å². The number of halogens is 2. The van der Waals surface area contributed by atoms with E-state index in [0.717, 1.165) is 10.5 Å². The summed E-state index contributed by atoms with van der Waals surface area (Å²) in [5.41, 5.74) is 2.14. The molecule has 0 spiro atoms. The standard InChI is InChI=1S/C15H13Cl2NO3/c1-18(15(20)21)8-9-2-10(6-14(19)3-9)11-4-12(16)7-13(17)5-11/h2-7,19H,8H2,1H3,(H,20,21). The molecule has 0 saturated heterocycles. The van der Waals surface area contributed by atoms with E-state index in [2.05, 4.69) is 0 Å². The van der Waals surface area contributed by atoms with Gasteiger partial charge in [0.25, 0.3) is 0 Å². The highest BCUT2D eigenvalue weighted by molar-refractivity contribution is 6.35. The first kappa shape index (κ1) is 15.5. The van der Waals surface area contributed by atoms with Gasteiger partial charge in [0, 0.05) is 23.6 Å². The molecule has 2 aromatic rings. The highest BCUT2D eigenvalue weighted by atomic mass is 35.5. The predicted octanol–water partition coefficient (Wildman–Crippen LogP) is 4.48. The average molecular weight is 326 g/mol. The predicted molar refractivity (Wildman–Crippen MR) is 83.1 cm³/mol. The molecule has 4 nitrogen and oxygen atoms in total. The fraction of sp³-hybridized carbons (Fsp3) is 0.133. The number of phenolic OH excluding ortho intramolecular Hbond substituents is 1. The summed E-state index contributed by atoms with van der Waals surface area (Å²) in [7, 11) is 1.46. The van der Waals surface area contributed by atoms with E-state index in [9.17, 15) is 9.90 Å². The van der Waals surface area contributed by atoms with Crippen molar-refractivity contribution in [3.8, 4) is 16.9 Å². The van der Waals surface area contributed by atoms with Crippen LogP contribution in [0.25, 0.3) is 11.1 Å². The maximum Gasteiger partial charge on any atom is 0.407 e. The first-order chi connectivity index (χ1) is 9.85. The lowest BCUT2D eigenvalue weighted by atomic mass is 10.0. The lowest BCUT2D eigenvalue weighted by Crippen LogP contribution is -2.23. The van der Waals surface area contributed by atoms with Gasteiger partial charge in [0.1, 0.15) is 5.75 Å². The second-order valence-electron chi connectivity index (χ2n) is 4.68. The lowest BCUT2D eigenvalue weighted by molar-refractivity contribution is 0.153. The van der Waals surface area contributed by atoms with Gasteiger partial charge in [-0.15, -0.1) is 0 Å². The third-order valence-corrected chi connectivity index (χ3v) is 3.36. The van der Waals surface area contributed by atoms with Crippen LogP contribution in [0.2, 0.25) is 10.0 Å². The second kappa shape index (κ2) is 6.24. The van der Waals surface area contributed by atoms with E-state index < -0.39 is 6.09 Å². The molecule has 0 saturated carbocycles. The maximum absolute atomic E-state index is 10.9. The Morgan fingerprint density at radius 1 is 1.05 bits per heavy atom. The Hall–Kier alpha value is -1.91. The van der Waals surface area contributed by atoms with Gasteiger partial charge in [-0.1, -0.05) is 23.2 Å². The smallest absolute Gasteiger partial charge is 0.407 e. The summed E-state index contributed by atoms with van der Waals surface area (Å²) < 4.78 is 0. The average Bonchev–Trinajstić information content (AvgIpc) is 2.36. The van der Waals surface area contributed by atoms with Crippen molar-refractivity contribution >= 4 is 29.3 Å². The SMILES string of the molecule is CN(Cc1cc(O)cc(-c2cc(Cl)cc(Cl)c2)c1)C(=O)O. The van der Waals surface area contributed by atoms with Gasteiger partial charge in [-0.05, 0) is 53.1 Å². The summed E-state index contributed by atoms with van der Waals surface area (Å²) in [4.78, 5) is 12.0. The first-order valence-electron chi connectivity index (χ1n) is 6.08. The van der Waals surface area contributed by atoms with E-state index in [1.165, 1.54) is 13.1 Å². The van der Waals surface area contributed by atoms with Crippen LogP contribution in [0.15, 0.2) is 36.4 Å².